The Morgan fingerprint density at radius 3 is 2.61 bits per heavy atom. The van der Waals surface area contributed by atoms with Crippen LogP contribution in [0.5, 0.6) is 5.75 Å². The zero-order chi connectivity index (χ0) is 20.3. The molecule has 1 aliphatic rings. The molecule has 0 saturated carbocycles. The molecule has 0 aliphatic carbocycles. The molecule has 2 N–H and O–H groups in total. The van der Waals surface area contributed by atoms with Crippen molar-refractivity contribution in [2.75, 3.05) is 39.2 Å². The Kier molecular flexibility index (Phi) is 6.21. The number of nitrogens with zero attached hydrogens (tertiary/aromatic N) is 1. The summed E-state index contributed by atoms with van der Waals surface area (Å²) in [6.07, 6.45) is 0.605. The fourth-order valence-corrected chi connectivity index (χ4v) is 3.69. The highest BCUT2D eigenvalue weighted by Crippen LogP contribution is 2.35. The van der Waals surface area contributed by atoms with Gasteiger partial charge in [0.25, 0.3) is 0 Å². The lowest BCUT2D eigenvalue weighted by molar-refractivity contribution is -0.117. The number of anilines is 1. The summed E-state index contributed by atoms with van der Waals surface area (Å²) in [5.74, 6) is -0.164. The van der Waals surface area contributed by atoms with Gasteiger partial charge in [-0.05, 0) is 26.0 Å². The maximum Gasteiger partial charge on any atom is 0.356 e. The average Bonchev–Trinajstić information content (AvgIpc) is 3.03. The fraction of sp³-hybridized carbons (Fsp3) is 0.500. The van der Waals surface area contributed by atoms with Crippen molar-refractivity contribution in [3.8, 4) is 5.75 Å². The Morgan fingerprint density at radius 1 is 1.25 bits per heavy atom. The first-order chi connectivity index (χ1) is 13.4. The van der Waals surface area contributed by atoms with Gasteiger partial charge in [0.05, 0.1) is 43.0 Å². The van der Waals surface area contributed by atoms with Gasteiger partial charge >= 0.3 is 5.97 Å². The van der Waals surface area contributed by atoms with E-state index in [2.05, 4.69) is 15.2 Å². The van der Waals surface area contributed by atoms with E-state index in [1.165, 1.54) is 7.11 Å². The molecule has 2 atom stereocenters. The van der Waals surface area contributed by atoms with Crippen LogP contribution in [0.25, 0.3) is 10.9 Å². The zero-order valence-corrected chi connectivity index (χ0v) is 16.7. The largest absolute Gasteiger partial charge is 0.496 e. The van der Waals surface area contributed by atoms with Crippen LogP contribution >= 0.6 is 0 Å². The van der Waals surface area contributed by atoms with Gasteiger partial charge in [-0.2, -0.15) is 0 Å². The minimum atomic E-state index is -0.551. The molecule has 0 unspecified atom stereocenters. The summed E-state index contributed by atoms with van der Waals surface area (Å²) in [5.41, 5.74) is 1.27. The van der Waals surface area contributed by atoms with E-state index in [1.807, 2.05) is 26.0 Å². The van der Waals surface area contributed by atoms with Gasteiger partial charge in [-0.1, -0.05) is 6.07 Å². The Morgan fingerprint density at radius 2 is 1.96 bits per heavy atom. The maximum absolute atomic E-state index is 12.6. The van der Waals surface area contributed by atoms with Gasteiger partial charge in [0.15, 0.2) is 0 Å². The molecule has 8 nitrogen and oxygen atoms in total. The van der Waals surface area contributed by atoms with Gasteiger partial charge < -0.3 is 24.5 Å². The van der Waals surface area contributed by atoms with E-state index >= 15 is 0 Å². The third kappa shape index (κ3) is 4.28. The highest BCUT2D eigenvalue weighted by molar-refractivity contribution is 6.12. The van der Waals surface area contributed by atoms with Crippen LogP contribution in [0.15, 0.2) is 18.2 Å². The van der Waals surface area contributed by atoms with Gasteiger partial charge in [-0.15, -0.1) is 0 Å². The summed E-state index contributed by atoms with van der Waals surface area (Å²) in [4.78, 5) is 30.1. The number of morpholine rings is 1. The first-order valence-electron chi connectivity index (χ1n) is 9.37. The first-order valence-corrected chi connectivity index (χ1v) is 9.37. The second-order valence-corrected chi connectivity index (χ2v) is 7.06. The van der Waals surface area contributed by atoms with E-state index in [4.69, 9.17) is 14.2 Å². The molecule has 28 heavy (non-hydrogen) atoms. The van der Waals surface area contributed by atoms with E-state index in [0.717, 1.165) is 13.1 Å². The number of nitrogens with one attached hydrogen (secondary N) is 2. The third-order valence-corrected chi connectivity index (χ3v) is 4.81. The molecule has 3 rings (SSSR count). The summed E-state index contributed by atoms with van der Waals surface area (Å²) in [6.45, 7) is 6.28. The lowest BCUT2D eigenvalue weighted by Crippen LogP contribution is -2.46. The van der Waals surface area contributed by atoms with E-state index in [9.17, 15) is 9.59 Å². The number of hydrogen-bond acceptors (Lipinski definition) is 6. The first kappa shape index (κ1) is 20.2. The number of aromatic nitrogens is 1. The second kappa shape index (κ2) is 8.62. The Hall–Kier alpha value is -2.58. The molecular weight excluding hydrogens is 362 g/mol. The minimum Gasteiger partial charge on any atom is -0.496 e. The lowest BCUT2D eigenvalue weighted by atomic mass is 10.2. The number of ether oxygens (including phenoxy) is 3. The topological polar surface area (TPSA) is 92.9 Å². The van der Waals surface area contributed by atoms with Crippen LogP contribution in [0.1, 0.15) is 30.8 Å². The van der Waals surface area contributed by atoms with Gasteiger partial charge in [0, 0.05) is 26.1 Å². The van der Waals surface area contributed by atoms with E-state index in [0.29, 0.717) is 35.3 Å². The number of rotatable bonds is 6. The zero-order valence-electron chi connectivity index (χ0n) is 16.7. The molecule has 1 aromatic heterocycles. The van der Waals surface area contributed by atoms with Crippen LogP contribution in [0.4, 0.5) is 5.69 Å². The van der Waals surface area contributed by atoms with Crippen molar-refractivity contribution in [1.82, 2.24) is 9.88 Å². The van der Waals surface area contributed by atoms with Crippen molar-refractivity contribution in [3.05, 3.63) is 23.9 Å². The molecule has 8 heteroatoms. The van der Waals surface area contributed by atoms with Crippen molar-refractivity contribution in [3.63, 3.8) is 0 Å². The summed E-state index contributed by atoms with van der Waals surface area (Å²) in [5, 5.41) is 3.52. The predicted octanol–water partition coefficient (Wildman–Crippen LogP) is 2.40. The van der Waals surface area contributed by atoms with E-state index in [1.54, 1.807) is 13.2 Å². The van der Waals surface area contributed by atoms with Crippen molar-refractivity contribution in [2.45, 2.75) is 32.5 Å². The smallest absolute Gasteiger partial charge is 0.356 e. The number of carbonyl (C=O) groups excluding carboxylic acids is 2. The monoisotopic (exact) mass is 389 g/mol. The SMILES string of the molecule is COC(=O)c1[nH]c2cccc(OC)c2c1NC(=O)CCN1C[C@H](C)O[C@@H](C)C1. The fourth-order valence-electron chi connectivity index (χ4n) is 3.69. The molecule has 2 heterocycles. The second-order valence-electron chi connectivity index (χ2n) is 7.06. The molecule has 1 fully saturated rings. The van der Waals surface area contributed by atoms with Crippen LogP contribution in [0.2, 0.25) is 0 Å². The number of carbonyl (C=O) groups is 2. The number of aromatic amines is 1. The Bertz CT molecular complexity index is 853. The van der Waals surface area contributed by atoms with Crippen LogP contribution in [-0.4, -0.2) is 67.8 Å². The number of H-pyrrole nitrogens is 1. The number of hydrogen-bond donors (Lipinski definition) is 2. The lowest BCUT2D eigenvalue weighted by Gasteiger charge is -2.35. The summed E-state index contributed by atoms with van der Waals surface area (Å²) in [7, 11) is 2.85. The average molecular weight is 389 g/mol. The van der Waals surface area contributed by atoms with E-state index in [-0.39, 0.29) is 23.8 Å². The highest BCUT2D eigenvalue weighted by Gasteiger charge is 2.25. The normalized spacial score (nSPS) is 20.1. The molecule has 0 spiro atoms. The van der Waals surface area contributed by atoms with Crippen molar-refractivity contribution in [2.24, 2.45) is 0 Å². The maximum atomic E-state index is 12.6. The number of benzene rings is 1. The van der Waals surface area contributed by atoms with Gasteiger partial charge in [-0.3, -0.25) is 9.69 Å². The molecular formula is C20H27N3O5. The van der Waals surface area contributed by atoms with Crippen molar-refractivity contribution < 1.29 is 23.8 Å². The summed E-state index contributed by atoms with van der Waals surface area (Å²) < 4.78 is 16.0. The Labute approximate surface area is 164 Å². The molecule has 1 aliphatic heterocycles. The molecule has 1 saturated heterocycles. The van der Waals surface area contributed by atoms with Gasteiger partial charge in [-0.25, -0.2) is 4.79 Å². The molecule has 152 valence electrons. The van der Waals surface area contributed by atoms with Crippen molar-refractivity contribution >= 4 is 28.5 Å². The summed E-state index contributed by atoms with van der Waals surface area (Å²) in [6, 6.07) is 5.41. The van der Waals surface area contributed by atoms with Gasteiger partial charge in [0.2, 0.25) is 5.91 Å². The van der Waals surface area contributed by atoms with Crippen molar-refractivity contribution in [1.29, 1.82) is 0 Å². The Balaban J connectivity index is 1.78. The van der Waals surface area contributed by atoms with Gasteiger partial charge in [0.1, 0.15) is 11.4 Å². The summed E-state index contributed by atoms with van der Waals surface area (Å²) >= 11 is 0. The minimum absolute atomic E-state index is 0.149. The van der Waals surface area contributed by atoms with E-state index < -0.39 is 5.97 Å². The van der Waals surface area contributed by atoms with Crippen LogP contribution in [0.3, 0.4) is 0 Å². The molecule has 0 bridgehead atoms. The van der Waals surface area contributed by atoms with Crippen LogP contribution in [-0.2, 0) is 14.3 Å². The van der Waals surface area contributed by atoms with Crippen LogP contribution in [0, 0.1) is 0 Å². The predicted molar refractivity (Wildman–Crippen MR) is 106 cm³/mol. The number of fused-ring (bicyclic) bond motifs is 1. The number of methoxy groups -OCH3 is 2. The number of esters is 1. The molecule has 1 amide bonds. The molecule has 2 aromatic rings. The highest BCUT2D eigenvalue weighted by atomic mass is 16.5. The number of amides is 1. The molecule has 0 radical (unpaired) electrons. The molecule has 1 aromatic carbocycles. The quantitative estimate of drug-likeness (QED) is 0.737. The standard InChI is InChI=1S/C20H27N3O5/c1-12-10-23(11-13(2)28-12)9-8-16(24)22-18-17-14(6-5-7-15(17)26-3)21-19(18)20(25)27-4/h5-7,12-13,21H,8-11H2,1-4H3,(H,22,24)/t12-,13-/m0/s1. The van der Waals surface area contributed by atoms with Crippen LogP contribution < -0.4 is 10.1 Å². The third-order valence-electron chi connectivity index (χ3n) is 4.81.